The number of ether oxygens (including phenoxy) is 1. The zero-order chi connectivity index (χ0) is 23.1. The van der Waals surface area contributed by atoms with Gasteiger partial charge in [0.25, 0.3) is 0 Å². The van der Waals surface area contributed by atoms with Crippen LogP contribution >= 0.6 is 11.8 Å². The lowest BCUT2D eigenvalue weighted by atomic mass is 10.2. The fourth-order valence-electron chi connectivity index (χ4n) is 3.66. The maximum absolute atomic E-state index is 13.1. The van der Waals surface area contributed by atoms with Crippen molar-refractivity contribution in [3.05, 3.63) is 24.0 Å². The number of amides is 1. The van der Waals surface area contributed by atoms with Gasteiger partial charge in [0.15, 0.2) is 5.16 Å². The minimum absolute atomic E-state index is 0.0521. The molecule has 0 radical (unpaired) electrons. The predicted molar refractivity (Wildman–Crippen MR) is 125 cm³/mol. The number of rotatable bonds is 10. The molecule has 3 rings (SSSR count). The predicted octanol–water partition coefficient (Wildman–Crippen LogP) is 3.16. The van der Waals surface area contributed by atoms with Crippen molar-refractivity contribution in [2.24, 2.45) is 0 Å². The van der Waals surface area contributed by atoms with E-state index in [1.54, 1.807) is 32.9 Å². The summed E-state index contributed by atoms with van der Waals surface area (Å²) in [5.41, 5.74) is 0.407. The van der Waals surface area contributed by atoms with Gasteiger partial charge in [0, 0.05) is 31.7 Å². The molecule has 1 aliphatic heterocycles. The molecule has 9 nitrogen and oxygen atoms in total. The van der Waals surface area contributed by atoms with Crippen molar-refractivity contribution in [3.8, 4) is 5.75 Å². The summed E-state index contributed by atoms with van der Waals surface area (Å²) < 4.78 is 35.2. The summed E-state index contributed by atoms with van der Waals surface area (Å²) in [5.74, 6) is 1.17. The number of carbonyl (C=O) groups is 1. The van der Waals surface area contributed by atoms with Gasteiger partial charge in [-0.1, -0.05) is 32.0 Å². The zero-order valence-corrected chi connectivity index (χ0v) is 20.5. The number of hydrogen-bond donors (Lipinski definition) is 1. The molecular formula is C21H31N5O4S2. The Hall–Kier alpha value is -2.11. The molecule has 1 aliphatic rings. The van der Waals surface area contributed by atoms with Gasteiger partial charge < -0.3 is 14.6 Å². The highest BCUT2D eigenvalue weighted by Gasteiger charge is 2.26. The molecule has 176 valence electrons. The van der Waals surface area contributed by atoms with E-state index in [0.717, 1.165) is 36.8 Å². The number of thioether (sulfide) groups is 1. The number of hydrogen-bond acceptors (Lipinski definition) is 7. The lowest BCUT2D eigenvalue weighted by Crippen LogP contribution is -2.31. The summed E-state index contributed by atoms with van der Waals surface area (Å²) in [6.07, 6.45) is 4.28. The molecule has 0 fully saturated rings. The average Bonchev–Trinajstić information content (AvgIpc) is 3.00. The highest BCUT2D eigenvalue weighted by atomic mass is 32.2. The van der Waals surface area contributed by atoms with Crippen LogP contribution in [0.25, 0.3) is 0 Å². The molecule has 32 heavy (non-hydrogen) atoms. The largest absolute Gasteiger partial charge is 0.492 e. The van der Waals surface area contributed by atoms with Crippen molar-refractivity contribution in [1.29, 1.82) is 0 Å². The number of aryl methyl sites for hydroxylation is 1. The van der Waals surface area contributed by atoms with E-state index in [1.807, 2.05) is 0 Å². The van der Waals surface area contributed by atoms with Crippen LogP contribution in [0.1, 0.15) is 45.9 Å². The van der Waals surface area contributed by atoms with Gasteiger partial charge in [-0.15, -0.1) is 10.2 Å². The highest BCUT2D eigenvalue weighted by molar-refractivity contribution is 7.99. The van der Waals surface area contributed by atoms with Crippen molar-refractivity contribution in [2.75, 3.05) is 30.8 Å². The fraction of sp³-hybridized carbons (Fsp3) is 0.571. The standard InChI is InChI=1S/C21H31N5O4S2/c1-4-25(5-2)32(28,29)18-14-16(11-12-17(18)30-6-3)22-20(27)15-31-21-24-23-19-10-8-7-9-13-26(19)21/h11-12,14H,4-10,13,15H2,1-3H3,(H,22,27). The SMILES string of the molecule is CCOc1ccc(NC(=O)CSc2nnc3n2CCCCC3)cc1S(=O)(=O)N(CC)CC. The molecule has 1 aromatic heterocycles. The molecule has 0 atom stereocenters. The highest BCUT2D eigenvalue weighted by Crippen LogP contribution is 2.30. The minimum Gasteiger partial charge on any atom is -0.492 e. The molecule has 11 heteroatoms. The molecule has 0 unspecified atom stereocenters. The molecule has 2 heterocycles. The smallest absolute Gasteiger partial charge is 0.246 e. The van der Waals surface area contributed by atoms with Crippen LogP contribution in [0.15, 0.2) is 28.3 Å². The van der Waals surface area contributed by atoms with Crippen molar-refractivity contribution in [1.82, 2.24) is 19.1 Å². The molecule has 1 N–H and O–H groups in total. The van der Waals surface area contributed by atoms with E-state index in [1.165, 1.54) is 28.6 Å². The zero-order valence-electron chi connectivity index (χ0n) is 18.8. The number of nitrogens with zero attached hydrogens (tertiary/aromatic N) is 4. The molecule has 1 aromatic carbocycles. The number of nitrogens with one attached hydrogen (secondary N) is 1. The number of carbonyl (C=O) groups excluding carboxylic acids is 1. The minimum atomic E-state index is -3.74. The van der Waals surface area contributed by atoms with Crippen molar-refractivity contribution in [3.63, 3.8) is 0 Å². The topological polar surface area (TPSA) is 106 Å². The van der Waals surface area contributed by atoms with Gasteiger partial charge in [-0.25, -0.2) is 8.42 Å². The first-order valence-corrected chi connectivity index (χ1v) is 13.4. The molecule has 0 aliphatic carbocycles. The van der Waals surface area contributed by atoms with E-state index in [-0.39, 0.29) is 22.3 Å². The Kier molecular flexibility index (Phi) is 8.55. The number of benzene rings is 1. The lowest BCUT2D eigenvalue weighted by molar-refractivity contribution is -0.113. The Morgan fingerprint density at radius 1 is 1.19 bits per heavy atom. The van der Waals surface area contributed by atoms with Crippen LogP contribution in [0.2, 0.25) is 0 Å². The van der Waals surface area contributed by atoms with Crippen molar-refractivity contribution >= 4 is 33.4 Å². The quantitative estimate of drug-likeness (QED) is 0.520. The van der Waals surface area contributed by atoms with Gasteiger partial charge in [-0.2, -0.15) is 4.31 Å². The summed E-state index contributed by atoms with van der Waals surface area (Å²) in [6.45, 7) is 7.28. The van der Waals surface area contributed by atoms with Gasteiger partial charge >= 0.3 is 0 Å². The number of aromatic nitrogens is 3. The third kappa shape index (κ3) is 5.62. The monoisotopic (exact) mass is 481 g/mol. The summed E-state index contributed by atoms with van der Waals surface area (Å²) in [6, 6.07) is 4.70. The van der Waals surface area contributed by atoms with Crippen LogP contribution in [0.3, 0.4) is 0 Å². The second-order valence-electron chi connectivity index (χ2n) is 7.38. The molecule has 0 saturated heterocycles. The van der Waals surface area contributed by atoms with Gasteiger partial charge in [-0.05, 0) is 38.0 Å². The first kappa shape index (κ1) is 24.5. The Morgan fingerprint density at radius 3 is 2.69 bits per heavy atom. The van der Waals surface area contributed by atoms with Crippen molar-refractivity contribution in [2.45, 2.75) is 63.1 Å². The number of fused-ring (bicyclic) bond motifs is 1. The van der Waals surface area contributed by atoms with E-state index in [0.29, 0.717) is 25.4 Å². The second-order valence-corrected chi connectivity index (χ2v) is 10.2. The first-order chi connectivity index (χ1) is 15.4. The lowest BCUT2D eigenvalue weighted by Gasteiger charge is -2.21. The Balaban J connectivity index is 1.73. The Morgan fingerprint density at radius 2 is 1.97 bits per heavy atom. The molecular weight excluding hydrogens is 450 g/mol. The Labute approximate surface area is 194 Å². The summed E-state index contributed by atoms with van der Waals surface area (Å²) in [4.78, 5) is 12.6. The molecule has 0 spiro atoms. The van der Waals surface area contributed by atoms with Gasteiger partial charge in [0.05, 0.1) is 12.4 Å². The molecule has 2 aromatic rings. The van der Waals surface area contributed by atoms with Crippen LogP contribution in [0.4, 0.5) is 5.69 Å². The molecule has 0 bridgehead atoms. The van der Waals surface area contributed by atoms with Crippen LogP contribution in [0.5, 0.6) is 5.75 Å². The molecule has 1 amide bonds. The van der Waals surface area contributed by atoms with Crippen LogP contribution < -0.4 is 10.1 Å². The second kappa shape index (κ2) is 11.2. The third-order valence-corrected chi connectivity index (χ3v) is 8.30. The van der Waals surface area contributed by atoms with Gasteiger partial charge in [0.1, 0.15) is 16.5 Å². The number of sulfonamides is 1. The average molecular weight is 482 g/mol. The maximum atomic E-state index is 13.1. The fourth-order valence-corrected chi connectivity index (χ4v) is 6.06. The third-order valence-electron chi connectivity index (χ3n) is 5.26. The van der Waals surface area contributed by atoms with Crippen molar-refractivity contribution < 1.29 is 17.9 Å². The van der Waals surface area contributed by atoms with Crippen LogP contribution in [0, 0.1) is 0 Å². The van der Waals surface area contributed by atoms with E-state index in [9.17, 15) is 13.2 Å². The van der Waals surface area contributed by atoms with Gasteiger partial charge in [0.2, 0.25) is 15.9 Å². The van der Waals surface area contributed by atoms with E-state index in [4.69, 9.17) is 4.74 Å². The Bertz CT molecular complexity index is 1030. The normalized spacial score (nSPS) is 14.1. The van der Waals surface area contributed by atoms with Crippen LogP contribution in [-0.4, -0.2) is 58.8 Å². The van der Waals surface area contributed by atoms with Crippen LogP contribution in [-0.2, 0) is 27.8 Å². The van der Waals surface area contributed by atoms with E-state index >= 15 is 0 Å². The maximum Gasteiger partial charge on any atom is 0.246 e. The number of anilines is 1. The summed E-state index contributed by atoms with van der Waals surface area (Å²) in [5, 5.41) is 12.0. The van der Waals surface area contributed by atoms with Gasteiger partial charge in [-0.3, -0.25) is 4.79 Å². The first-order valence-electron chi connectivity index (χ1n) is 11.0. The summed E-state index contributed by atoms with van der Waals surface area (Å²) >= 11 is 1.34. The van der Waals surface area contributed by atoms with E-state index < -0.39 is 10.0 Å². The summed E-state index contributed by atoms with van der Waals surface area (Å²) in [7, 11) is -3.74. The van der Waals surface area contributed by atoms with E-state index in [2.05, 4.69) is 20.1 Å². The molecule has 0 saturated carbocycles.